The number of allylic oxidation sites excluding steroid dienone is 6. The SMILES string of the molecule is CC(=O)CC[C@H]1C(=O)N[C@@H](C(C)C)C(=O)NC(c2cccc(O)c2)C(=O)N2CCCC(N2)C(=O)O[C@H](/C(C)=C/C=C/C(=O)C(C)(C)C)C/C=C/C=C/C[C@H](C)[C@H]1O. The van der Waals surface area contributed by atoms with Gasteiger partial charge in [-0.3, -0.25) is 29.0 Å². The summed E-state index contributed by atoms with van der Waals surface area (Å²) in [5, 5.41) is 28.6. The van der Waals surface area contributed by atoms with E-state index in [1.165, 1.54) is 36.2 Å². The van der Waals surface area contributed by atoms with Crippen LogP contribution in [0.3, 0.4) is 0 Å². The molecule has 0 aromatic heterocycles. The van der Waals surface area contributed by atoms with Gasteiger partial charge in [0.05, 0.1) is 12.0 Å². The number of nitrogens with one attached hydrogen (secondary N) is 3. The molecule has 0 spiro atoms. The van der Waals surface area contributed by atoms with E-state index in [2.05, 4.69) is 16.1 Å². The molecule has 2 aliphatic rings. The molecule has 1 aromatic rings. The number of rotatable bonds is 8. The van der Waals surface area contributed by atoms with Crippen molar-refractivity contribution in [3.63, 3.8) is 0 Å². The van der Waals surface area contributed by atoms with Crippen molar-refractivity contribution in [2.75, 3.05) is 6.54 Å². The van der Waals surface area contributed by atoms with Crippen LogP contribution in [-0.4, -0.2) is 81.3 Å². The summed E-state index contributed by atoms with van der Waals surface area (Å²) in [6.07, 6.45) is 11.9. The Morgan fingerprint density at radius 2 is 1.70 bits per heavy atom. The molecular weight excluding hydrogens is 729 g/mol. The van der Waals surface area contributed by atoms with Crippen LogP contribution in [0, 0.1) is 23.2 Å². The number of benzene rings is 1. The van der Waals surface area contributed by atoms with E-state index in [1.807, 2.05) is 32.9 Å². The van der Waals surface area contributed by atoms with E-state index in [1.54, 1.807) is 58.1 Å². The Morgan fingerprint density at radius 3 is 2.33 bits per heavy atom. The fourth-order valence-electron chi connectivity index (χ4n) is 6.49. The molecule has 2 heterocycles. The van der Waals surface area contributed by atoms with Gasteiger partial charge in [0, 0.05) is 24.8 Å². The Hall–Kier alpha value is -4.88. The van der Waals surface area contributed by atoms with Crippen molar-refractivity contribution in [2.45, 2.75) is 124 Å². The third kappa shape index (κ3) is 14.2. The molecule has 0 aliphatic carbocycles. The monoisotopic (exact) mass is 790 g/mol. The van der Waals surface area contributed by atoms with Crippen molar-refractivity contribution in [1.82, 2.24) is 21.1 Å². The van der Waals surface area contributed by atoms with Gasteiger partial charge in [0.25, 0.3) is 5.91 Å². The first-order valence-electron chi connectivity index (χ1n) is 19.9. The van der Waals surface area contributed by atoms with Gasteiger partial charge in [-0.05, 0) is 80.7 Å². The van der Waals surface area contributed by atoms with Crippen LogP contribution in [-0.2, 0) is 33.5 Å². The number of aliphatic hydroxyl groups excluding tert-OH is 1. The number of phenols is 1. The average molecular weight is 791 g/mol. The van der Waals surface area contributed by atoms with Gasteiger partial charge < -0.3 is 30.4 Å². The van der Waals surface area contributed by atoms with Crippen LogP contribution in [0.2, 0.25) is 0 Å². The number of fused-ring (bicyclic) bond motifs is 2. The molecular formula is C44H62N4O9. The summed E-state index contributed by atoms with van der Waals surface area (Å²) in [6.45, 7) is 14.2. The molecule has 5 N–H and O–H groups in total. The number of amides is 3. The summed E-state index contributed by atoms with van der Waals surface area (Å²) in [5.74, 6) is -4.68. The summed E-state index contributed by atoms with van der Waals surface area (Å²) in [6, 6.07) is 2.52. The minimum absolute atomic E-state index is 0.0547. The van der Waals surface area contributed by atoms with Crippen LogP contribution < -0.4 is 16.1 Å². The lowest BCUT2D eigenvalue weighted by atomic mass is 9.85. The van der Waals surface area contributed by atoms with Gasteiger partial charge in [-0.1, -0.05) is 90.1 Å². The predicted octanol–water partition coefficient (Wildman–Crippen LogP) is 5.10. The van der Waals surface area contributed by atoms with Gasteiger partial charge in [0.15, 0.2) is 5.78 Å². The second-order valence-corrected chi connectivity index (χ2v) is 16.5. The number of esters is 1. The van der Waals surface area contributed by atoms with Gasteiger partial charge in [-0.15, -0.1) is 0 Å². The number of ketones is 2. The third-order valence-corrected chi connectivity index (χ3v) is 10.2. The Kier molecular flexibility index (Phi) is 17.6. The molecule has 312 valence electrons. The molecule has 57 heavy (non-hydrogen) atoms. The zero-order chi connectivity index (χ0) is 42.4. The van der Waals surface area contributed by atoms with Crippen LogP contribution in [0.4, 0.5) is 0 Å². The Morgan fingerprint density at radius 1 is 1.02 bits per heavy atom. The summed E-state index contributed by atoms with van der Waals surface area (Å²) in [4.78, 5) is 80.5. The number of nitrogens with zero attached hydrogens (tertiary/aromatic N) is 1. The maximum absolute atomic E-state index is 14.3. The quantitative estimate of drug-likeness (QED) is 0.135. The number of hydrogen-bond acceptors (Lipinski definition) is 10. The van der Waals surface area contributed by atoms with Crippen molar-refractivity contribution in [1.29, 1.82) is 0 Å². The number of cyclic esters (lactones) is 1. The van der Waals surface area contributed by atoms with Gasteiger partial charge in [0.1, 0.15) is 35.8 Å². The fourth-order valence-corrected chi connectivity index (χ4v) is 6.49. The molecule has 1 aromatic carbocycles. The Bertz CT molecular complexity index is 1720. The highest BCUT2D eigenvalue weighted by Gasteiger charge is 2.38. The van der Waals surface area contributed by atoms with Crippen LogP contribution >= 0.6 is 0 Å². The minimum Gasteiger partial charge on any atom is -0.508 e. The number of aliphatic hydroxyl groups is 1. The molecule has 1 saturated heterocycles. The lowest BCUT2D eigenvalue weighted by Crippen LogP contribution is -2.59. The number of carbonyl (C=O) groups is 6. The van der Waals surface area contributed by atoms with Crippen molar-refractivity contribution in [2.24, 2.45) is 23.2 Å². The first-order chi connectivity index (χ1) is 26.8. The standard InChI is InChI=1S/C44H62N4O9/c1-27(2)37-41(54)46-38(31-18-14-19-32(50)26-31)42(55)48-25-15-20-34(47-48)43(56)57-35(28(3)17-13-22-36(51)44(6,7)8)21-12-10-9-11-16-29(4)39(52)33(40(53)45-37)24-23-30(5)49/h9-14,17-19,22,26-27,29,33-35,37-39,47,50,52H,15-16,20-21,23-25H2,1-8H3,(H,45,53)(H,46,54)/b11-9+,12-10+,22-13+,28-17+/t29-,33+,34?,35-,37-,38?,39+/m0/s1. The van der Waals surface area contributed by atoms with Crippen molar-refractivity contribution in [3.05, 3.63) is 77.9 Å². The molecule has 7 atom stereocenters. The van der Waals surface area contributed by atoms with E-state index < -0.39 is 77.2 Å². The van der Waals surface area contributed by atoms with E-state index >= 15 is 0 Å². The second-order valence-electron chi connectivity index (χ2n) is 16.5. The zero-order valence-electron chi connectivity index (χ0n) is 34.6. The molecule has 2 bridgehead atoms. The van der Waals surface area contributed by atoms with Gasteiger partial charge in [0.2, 0.25) is 11.8 Å². The molecule has 0 saturated carbocycles. The van der Waals surface area contributed by atoms with Crippen LogP contribution in [0.5, 0.6) is 5.75 Å². The smallest absolute Gasteiger partial charge is 0.325 e. The molecule has 3 amide bonds. The van der Waals surface area contributed by atoms with Crippen LogP contribution in [0.1, 0.15) is 106 Å². The molecule has 2 unspecified atom stereocenters. The number of aromatic hydroxyl groups is 1. The molecule has 3 rings (SSSR count). The van der Waals surface area contributed by atoms with E-state index in [-0.39, 0.29) is 42.3 Å². The zero-order valence-corrected chi connectivity index (χ0v) is 34.6. The maximum atomic E-state index is 14.3. The van der Waals surface area contributed by atoms with E-state index in [4.69, 9.17) is 4.74 Å². The first-order valence-corrected chi connectivity index (χ1v) is 19.9. The predicted molar refractivity (Wildman–Crippen MR) is 217 cm³/mol. The van der Waals surface area contributed by atoms with Crippen LogP contribution in [0.25, 0.3) is 0 Å². The second kappa shape index (κ2) is 21.6. The largest absolute Gasteiger partial charge is 0.508 e. The first kappa shape index (κ1) is 46.5. The number of phenolic OH excluding ortho intramolecular Hbond substituents is 1. The van der Waals surface area contributed by atoms with Crippen molar-refractivity contribution >= 4 is 35.3 Å². The Labute approximate surface area is 337 Å². The van der Waals surface area contributed by atoms with Crippen molar-refractivity contribution < 1.29 is 43.7 Å². The molecule has 13 heteroatoms. The summed E-state index contributed by atoms with van der Waals surface area (Å²) in [5.41, 5.74) is 3.40. The minimum atomic E-state index is -1.33. The van der Waals surface area contributed by atoms with Crippen LogP contribution in [0.15, 0.2) is 72.4 Å². The van der Waals surface area contributed by atoms with E-state index in [0.29, 0.717) is 31.3 Å². The van der Waals surface area contributed by atoms with Gasteiger partial charge in [-0.2, -0.15) is 0 Å². The lowest BCUT2D eigenvalue weighted by Gasteiger charge is -2.36. The van der Waals surface area contributed by atoms with Crippen molar-refractivity contribution in [3.8, 4) is 5.75 Å². The number of ether oxygens (including phenoxy) is 1. The number of hydrogen-bond donors (Lipinski definition) is 5. The normalized spacial score (nSPS) is 27.8. The topological polar surface area (TPSA) is 191 Å². The van der Waals surface area contributed by atoms with E-state index in [0.717, 1.165) is 0 Å². The molecule has 2 aliphatic heterocycles. The van der Waals surface area contributed by atoms with Gasteiger partial charge >= 0.3 is 5.97 Å². The number of carbonyl (C=O) groups excluding carboxylic acids is 6. The number of Topliss-reactive ketones (excluding diaryl/α,β-unsaturated/α-hetero) is 1. The highest BCUT2D eigenvalue weighted by atomic mass is 16.5. The Balaban J connectivity index is 2.07. The number of hydrazine groups is 1. The summed E-state index contributed by atoms with van der Waals surface area (Å²) in [7, 11) is 0. The molecule has 1 fully saturated rings. The fraction of sp³-hybridized carbons (Fsp3) is 0.545. The lowest BCUT2D eigenvalue weighted by molar-refractivity contribution is -0.156. The molecule has 13 nitrogen and oxygen atoms in total. The average Bonchev–Trinajstić information content (AvgIpc) is 3.15. The van der Waals surface area contributed by atoms with Gasteiger partial charge in [-0.25, -0.2) is 5.43 Å². The third-order valence-electron chi connectivity index (χ3n) is 10.2. The van der Waals surface area contributed by atoms with E-state index in [9.17, 15) is 39.0 Å². The summed E-state index contributed by atoms with van der Waals surface area (Å²) < 4.78 is 6.05. The highest BCUT2D eigenvalue weighted by Crippen LogP contribution is 2.26. The highest BCUT2D eigenvalue weighted by molar-refractivity contribution is 5.94. The maximum Gasteiger partial charge on any atom is 0.325 e. The summed E-state index contributed by atoms with van der Waals surface area (Å²) >= 11 is 0. The molecule has 0 radical (unpaired) electrons.